The molecule has 1 amide bonds. The molecule has 1 unspecified atom stereocenters. The Morgan fingerprint density at radius 1 is 1.50 bits per heavy atom. The van der Waals surface area contributed by atoms with Crippen LogP contribution in [0.5, 0.6) is 0 Å². The maximum atomic E-state index is 12.1. The fraction of sp³-hybridized carbons (Fsp3) is 0.417. The first kappa shape index (κ1) is 12.5. The molecule has 96 valence electrons. The molecule has 1 saturated heterocycles. The maximum absolute atomic E-state index is 12.1. The molecule has 2 rings (SSSR count). The Morgan fingerprint density at radius 2 is 2.28 bits per heavy atom. The number of non-ortho nitro benzene ring substituents is 1. The number of nitrogens with zero attached hydrogens (tertiary/aromatic N) is 2. The Kier molecular flexibility index (Phi) is 3.57. The van der Waals surface area contributed by atoms with Crippen molar-refractivity contribution in [3.05, 3.63) is 34.4 Å². The second kappa shape index (κ2) is 5.14. The molecule has 1 atom stereocenters. The first-order valence-electron chi connectivity index (χ1n) is 5.86. The van der Waals surface area contributed by atoms with Gasteiger partial charge in [-0.3, -0.25) is 14.9 Å². The molecule has 1 N–H and O–H groups in total. The van der Waals surface area contributed by atoms with Crippen LogP contribution in [-0.2, 0) is 4.79 Å². The maximum Gasteiger partial charge on any atom is 0.271 e. The number of likely N-dealkylation sites (N-methyl/N-ethyl adjacent to an activating group) is 1. The summed E-state index contributed by atoms with van der Waals surface area (Å²) >= 11 is 0. The first-order chi connectivity index (χ1) is 8.63. The summed E-state index contributed by atoms with van der Waals surface area (Å²) in [5.74, 6) is -0.0238. The molecule has 0 saturated carbocycles. The standard InChI is InChI=1S/C12H15N3O3/c1-13-11-6-3-7-14(12(11)16)9-4-2-5-10(8-9)15(17)18/h2,4-5,8,11,13H,3,6-7H2,1H3. The van der Waals surface area contributed by atoms with E-state index in [9.17, 15) is 14.9 Å². The number of amides is 1. The molecule has 1 aromatic carbocycles. The summed E-state index contributed by atoms with van der Waals surface area (Å²) in [6.45, 7) is 0.609. The third-order valence-electron chi connectivity index (χ3n) is 3.14. The molecule has 0 aliphatic carbocycles. The van der Waals surface area contributed by atoms with Crippen LogP contribution < -0.4 is 10.2 Å². The number of rotatable bonds is 3. The number of hydrogen-bond donors (Lipinski definition) is 1. The smallest absolute Gasteiger partial charge is 0.271 e. The summed E-state index contributed by atoms with van der Waals surface area (Å²) in [5.41, 5.74) is 0.598. The molecule has 1 aliphatic rings. The van der Waals surface area contributed by atoms with E-state index < -0.39 is 4.92 Å². The number of piperidine rings is 1. The van der Waals surface area contributed by atoms with Crippen molar-refractivity contribution in [3.8, 4) is 0 Å². The molecule has 0 spiro atoms. The van der Waals surface area contributed by atoms with Gasteiger partial charge in [-0.1, -0.05) is 6.07 Å². The van der Waals surface area contributed by atoms with E-state index in [1.54, 1.807) is 24.1 Å². The van der Waals surface area contributed by atoms with Crippen molar-refractivity contribution in [1.29, 1.82) is 0 Å². The van der Waals surface area contributed by atoms with Crippen molar-refractivity contribution < 1.29 is 9.72 Å². The fourth-order valence-electron chi connectivity index (χ4n) is 2.17. The molecule has 1 heterocycles. The van der Waals surface area contributed by atoms with E-state index in [-0.39, 0.29) is 17.6 Å². The van der Waals surface area contributed by atoms with Crippen LogP contribution in [0.2, 0.25) is 0 Å². The van der Waals surface area contributed by atoms with E-state index in [4.69, 9.17) is 0 Å². The summed E-state index contributed by atoms with van der Waals surface area (Å²) in [6, 6.07) is 5.99. The second-order valence-corrected chi connectivity index (χ2v) is 4.25. The minimum Gasteiger partial charge on any atom is -0.311 e. The highest BCUT2D eigenvalue weighted by molar-refractivity contribution is 5.98. The van der Waals surface area contributed by atoms with Crippen LogP contribution >= 0.6 is 0 Å². The third-order valence-corrected chi connectivity index (χ3v) is 3.14. The lowest BCUT2D eigenvalue weighted by Crippen LogP contribution is -2.49. The van der Waals surface area contributed by atoms with Gasteiger partial charge in [-0.2, -0.15) is 0 Å². The topological polar surface area (TPSA) is 75.5 Å². The summed E-state index contributed by atoms with van der Waals surface area (Å²) < 4.78 is 0. The number of carbonyl (C=O) groups excluding carboxylic acids is 1. The molecule has 6 nitrogen and oxygen atoms in total. The Bertz CT molecular complexity index is 475. The van der Waals surface area contributed by atoms with Gasteiger partial charge in [-0.25, -0.2) is 0 Å². The lowest BCUT2D eigenvalue weighted by Gasteiger charge is -2.31. The zero-order valence-electron chi connectivity index (χ0n) is 10.1. The highest BCUT2D eigenvalue weighted by atomic mass is 16.6. The van der Waals surface area contributed by atoms with Crippen molar-refractivity contribution in [2.45, 2.75) is 18.9 Å². The molecule has 0 radical (unpaired) electrons. The van der Waals surface area contributed by atoms with Crippen LogP contribution in [0.3, 0.4) is 0 Å². The molecule has 6 heteroatoms. The number of anilines is 1. The quantitative estimate of drug-likeness (QED) is 0.647. The second-order valence-electron chi connectivity index (χ2n) is 4.25. The van der Waals surface area contributed by atoms with E-state index in [1.807, 2.05) is 0 Å². The highest BCUT2D eigenvalue weighted by Crippen LogP contribution is 2.24. The summed E-state index contributed by atoms with van der Waals surface area (Å²) in [6.07, 6.45) is 1.70. The van der Waals surface area contributed by atoms with Crippen LogP contribution in [0.25, 0.3) is 0 Å². The van der Waals surface area contributed by atoms with Crippen LogP contribution in [0.1, 0.15) is 12.8 Å². The van der Waals surface area contributed by atoms with Gasteiger partial charge < -0.3 is 10.2 Å². The lowest BCUT2D eigenvalue weighted by atomic mass is 10.0. The van der Waals surface area contributed by atoms with E-state index in [1.165, 1.54) is 12.1 Å². The van der Waals surface area contributed by atoms with Crippen LogP contribution in [0, 0.1) is 10.1 Å². The zero-order valence-corrected chi connectivity index (χ0v) is 10.1. The molecule has 18 heavy (non-hydrogen) atoms. The Hall–Kier alpha value is -1.95. The summed E-state index contributed by atoms with van der Waals surface area (Å²) in [4.78, 5) is 24.0. The van der Waals surface area contributed by atoms with Gasteiger partial charge in [0.1, 0.15) is 0 Å². The average Bonchev–Trinajstić information content (AvgIpc) is 2.39. The molecule has 0 bridgehead atoms. The third kappa shape index (κ3) is 2.33. The van der Waals surface area contributed by atoms with Gasteiger partial charge in [-0.05, 0) is 26.0 Å². The van der Waals surface area contributed by atoms with Gasteiger partial charge in [0.15, 0.2) is 0 Å². The molecular formula is C12H15N3O3. The van der Waals surface area contributed by atoms with Crippen molar-refractivity contribution in [2.24, 2.45) is 0 Å². The van der Waals surface area contributed by atoms with Gasteiger partial charge in [0.05, 0.1) is 16.7 Å². The molecule has 1 aromatic rings. The Balaban J connectivity index is 2.27. The van der Waals surface area contributed by atoms with Crippen molar-refractivity contribution >= 4 is 17.3 Å². The molecular weight excluding hydrogens is 234 g/mol. The number of carbonyl (C=O) groups is 1. The summed E-state index contributed by atoms with van der Waals surface area (Å²) in [7, 11) is 1.75. The normalized spacial score (nSPS) is 19.9. The van der Waals surface area contributed by atoms with Crippen LogP contribution in [0.15, 0.2) is 24.3 Å². The number of nitro benzene ring substituents is 1. The largest absolute Gasteiger partial charge is 0.311 e. The Morgan fingerprint density at radius 3 is 2.94 bits per heavy atom. The number of hydrogen-bond acceptors (Lipinski definition) is 4. The first-order valence-corrected chi connectivity index (χ1v) is 5.86. The minimum atomic E-state index is -0.451. The summed E-state index contributed by atoms with van der Waals surface area (Å²) in [5, 5.41) is 13.7. The van der Waals surface area contributed by atoms with E-state index >= 15 is 0 Å². The average molecular weight is 249 g/mol. The predicted molar refractivity (Wildman–Crippen MR) is 67.5 cm³/mol. The van der Waals surface area contributed by atoms with Crippen molar-refractivity contribution in [3.63, 3.8) is 0 Å². The van der Waals surface area contributed by atoms with Gasteiger partial charge in [0, 0.05) is 18.7 Å². The van der Waals surface area contributed by atoms with Crippen LogP contribution in [0.4, 0.5) is 11.4 Å². The van der Waals surface area contributed by atoms with Gasteiger partial charge in [0.2, 0.25) is 5.91 Å². The van der Waals surface area contributed by atoms with Crippen molar-refractivity contribution in [2.75, 3.05) is 18.5 Å². The SMILES string of the molecule is CNC1CCCN(c2cccc([N+](=O)[O-])c2)C1=O. The molecule has 1 aliphatic heterocycles. The zero-order chi connectivity index (χ0) is 13.1. The highest BCUT2D eigenvalue weighted by Gasteiger charge is 2.28. The predicted octanol–water partition coefficient (Wildman–Crippen LogP) is 1.31. The van der Waals surface area contributed by atoms with E-state index in [0.29, 0.717) is 12.2 Å². The van der Waals surface area contributed by atoms with Gasteiger partial charge >= 0.3 is 0 Å². The number of benzene rings is 1. The van der Waals surface area contributed by atoms with E-state index in [2.05, 4.69) is 5.32 Å². The lowest BCUT2D eigenvalue weighted by molar-refractivity contribution is -0.384. The Labute approximate surface area is 105 Å². The molecule has 1 fully saturated rings. The van der Waals surface area contributed by atoms with Gasteiger partial charge in [0.25, 0.3) is 5.69 Å². The van der Waals surface area contributed by atoms with Gasteiger partial charge in [-0.15, -0.1) is 0 Å². The fourth-order valence-corrected chi connectivity index (χ4v) is 2.17. The van der Waals surface area contributed by atoms with Crippen LogP contribution in [-0.4, -0.2) is 30.5 Å². The molecule has 0 aromatic heterocycles. The number of nitro groups is 1. The monoisotopic (exact) mass is 249 g/mol. The van der Waals surface area contributed by atoms with E-state index in [0.717, 1.165) is 12.8 Å². The minimum absolute atomic E-state index is 0.00637. The van der Waals surface area contributed by atoms with Crippen molar-refractivity contribution in [1.82, 2.24) is 5.32 Å². The number of nitrogens with one attached hydrogen (secondary N) is 1.